The number of morpholine rings is 1. The first-order valence-electron chi connectivity index (χ1n) is 13.9. The van der Waals surface area contributed by atoms with Crippen LogP contribution in [0.3, 0.4) is 0 Å². The SMILES string of the molecule is CCCCN1CCN(c2cc(OC)c(N3CCOCC3)cc2C2CCC(C(C)(C)C)CC2)CC1.Cl. The molecule has 0 bridgehead atoms. The van der Waals surface area contributed by atoms with Crippen molar-refractivity contribution in [1.82, 2.24) is 4.90 Å². The minimum atomic E-state index is 0. The minimum absolute atomic E-state index is 0. The number of benzene rings is 1. The standard InChI is InChI=1S/C29H49N3O2.ClH/c1-6-7-12-30-13-15-31(16-14-30)26-22-28(33-5)27(32-17-19-34-20-18-32)21-25(26)23-8-10-24(11-9-23)29(2,3)4;/h21-24H,6-20H2,1-5H3;1H. The van der Waals surface area contributed by atoms with Gasteiger partial charge in [0.2, 0.25) is 0 Å². The Hall–Kier alpha value is -1.17. The summed E-state index contributed by atoms with van der Waals surface area (Å²) in [6.07, 6.45) is 7.89. The number of halogens is 1. The molecule has 1 aromatic rings. The fraction of sp³-hybridized carbons (Fsp3) is 0.793. The molecule has 0 radical (unpaired) electrons. The number of nitrogens with zero attached hydrogens (tertiary/aromatic N) is 3. The monoisotopic (exact) mass is 507 g/mol. The van der Waals surface area contributed by atoms with Gasteiger partial charge in [-0.1, -0.05) is 34.1 Å². The number of hydrogen-bond acceptors (Lipinski definition) is 5. The number of hydrogen-bond donors (Lipinski definition) is 0. The third-order valence-corrected chi connectivity index (χ3v) is 8.61. The van der Waals surface area contributed by atoms with E-state index in [0.29, 0.717) is 11.3 Å². The van der Waals surface area contributed by atoms with Gasteiger partial charge in [-0.3, -0.25) is 4.90 Å². The summed E-state index contributed by atoms with van der Waals surface area (Å²) in [7, 11) is 1.83. The molecule has 2 saturated heterocycles. The minimum Gasteiger partial charge on any atom is -0.495 e. The van der Waals surface area contributed by atoms with Gasteiger partial charge in [0.05, 0.1) is 26.0 Å². The predicted molar refractivity (Wildman–Crippen MR) is 151 cm³/mol. The lowest BCUT2D eigenvalue weighted by Gasteiger charge is -2.41. The van der Waals surface area contributed by atoms with Crippen molar-refractivity contribution in [3.05, 3.63) is 17.7 Å². The van der Waals surface area contributed by atoms with Crippen LogP contribution in [0.2, 0.25) is 0 Å². The van der Waals surface area contributed by atoms with E-state index in [-0.39, 0.29) is 12.4 Å². The molecule has 200 valence electrons. The maximum absolute atomic E-state index is 5.99. The second-order valence-electron chi connectivity index (χ2n) is 11.8. The Kier molecular flexibility index (Phi) is 10.4. The zero-order valence-electron chi connectivity index (χ0n) is 23.0. The number of ether oxygens (including phenoxy) is 2. The van der Waals surface area contributed by atoms with Gasteiger partial charge in [0.15, 0.2) is 0 Å². The lowest BCUT2D eigenvalue weighted by atomic mass is 9.68. The Morgan fingerprint density at radius 2 is 1.51 bits per heavy atom. The van der Waals surface area contributed by atoms with Crippen LogP contribution in [-0.2, 0) is 4.74 Å². The molecule has 2 aliphatic heterocycles. The summed E-state index contributed by atoms with van der Waals surface area (Å²) >= 11 is 0. The van der Waals surface area contributed by atoms with Gasteiger partial charge in [-0.25, -0.2) is 0 Å². The number of rotatable bonds is 7. The fourth-order valence-electron chi connectivity index (χ4n) is 6.25. The smallest absolute Gasteiger partial charge is 0.144 e. The summed E-state index contributed by atoms with van der Waals surface area (Å²) in [5.74, 6) is 2.51. The summed E-state index contributed by atoms with van der Waals surface area (Å²) < 4.78 is 11.6. The molecule has 3 aliphatic rings. The van der Waals surface area contributed by atoms with Crippen molar-refractivity contribution in [2.24, 2.45) is 11.3 Å². The Morgan fingerprint density at radius 1 is 0.886 bits per heavy atom. The van der Waals surface area contributed by atoms with Crippen LogP contribution in [0.15, 0.2) is 12.1 Å². The van der Waals surface area contributed by atoms with E-state index in [9.17, 15) is 0 Å². The molecule has 0 aromatic heterocycles. The second kappa shape index (κ2) is 12.9. The predicted octanol–water partition coefficient (Wildman–Crippen LogP) is 6.20. The highest BCUT2D eigenvalue weighted by Crippen LogP contribution is 2.47. The number of anilines is 2. The third-order valence-electron chi connectivity index (χ3n) is 8.61. The van der Waals surface area contributed by atoms with Gasteiger partial charge in [0, 0.05) is 51.0 Å². The molecule has 3 fully saturated rings. The van der Waals surface area contributed by atoms with Crippen LogP contribution in [0.1, 0.15) is 77.7 Å². The molecular weight excluding hydrogens is 458 g/mol. The van der Waals surface area contributed by atoms with Gasteiger partial charge in [-0.2, -0.15) is 0 Å². The summed E-state index contributed by atoms with van der Waals surface area (Å²) in [6, 6.07) is 4.88. The van der Waals surface area contributed by atoms with E-state index in [1.807, 2.05) is 7.11 Å². The van der Waals surface area contributed by atoms with E-state index in [0.717, 1.165) is 51.1 Å². The van der Waals surface area contributed by atoms with Gasteiger partial charge >= 0.3 is 0 Å². The molecule has 0 N–H and O–H groups in total. The highest BCUT2D eigenvalue weighted by atomic mass is 35.5. The first-order chi connectivity index (χ1) is 16.4. The van der Waals surface area contributed by atoms with Crippen LogP contribution in [0.5, 0.6) is 5.75 Å². The molecule has 4 rings (SSSR count). The lowest BCUT2D eigenvalue weighted by molar-refractivity contribution is 0.122. The second-order valence-corrected chi connectivity index (χ2v) is 11.8. The molecule has 6 heteroatoms. The molecule has 1 saturated carbocycles. The molecule has 0 atom stereocenters. The van der Waals surface area contributed by atoms with Crippen molar-refractivity contribution in [2.75, 3.05) is 75.9 Å². The van der Waals surface area contributed by atoms with Gasteiger partial charge < -0.3 is 19.3 Å². The molecule has 1 aliphatic carbocycles. The molecule has 0 unspecified atom stereocenters. The van der Waals surface area contributed by atoms with E-state index >= 15 is 0 Å². The number of piperazine rings is 1. The highest BCUT2D eigenvalue weighted by Gasteiger charge is 2.33. The zero-order valence-corrected chi connectivity index (χ0v) is 23.8. The van der Waals surface area contributed by atoms with Crippen LogP contribution in [0.25, 0.3) is 0 Å². The maximum Gasteiger partial charge on any atom is 0.144 e. The van der Waals surface area contributed by atoms with Crippen LogP contribution in [-0.4, -0.2) is 71.0 Å². The van der Waals surface area contributed by atoms with Crippen LogP contribution < -0.4 is 14.5 Å². The fourth-order valence-corrected chi connectivity index (χ4v) is 6.25. The highest BCUT2D eigenvalue weighted by molar-refractivity contribution is 5.85. The van der Waals surface area contributed by atoms with E-state index in [4.69, 9.17) is 9.47 Å². The van der Waals surface area contributed by atoms with Gasteiger partial charge in [0.1, 0.15) is 5.75 Å². The Labute approximate surface area is 220 Å². The molecule has 35 heavy (non-hydrogen) atoms. The number of unbranched alkanes of at least 4 members (excludes halogenated alkanes) is 1. The summed E-state index contributed by atoms with van der Waals surface area (Å²) in [4.78, 5) is 7.77. The third kappa shape index (κ3) is 6.99. The lowest BCUT2D eigenvalue weighted by Crippen LogP contribution is -2.47. The summed E-state index contributed by atoms with van der Waals surface area (Å²) in [5.41, 5.74) is 4.69. The van der Waals surface area contributed by atoms with E-state index < -0.39 is 0 Å². The van der Waals surface area contributed by atoms with Crippen molar-refractivity contribution in [3.63, 3.8) is 0 Å². The normalized spacial score (nSPS) is 24.3. The van der Waals surface area contributed by atoms with Gasteiger partial charge in [-0.05, 0) is 67.5 Å². The van der Waals surface area contributed by atoms with Crippen molar-refractivity contribution < 1.29 is 9.47 Å². The van der Waals surface area contributed by atoms with Crippen LogP contribution in [0.4, 0.5) is 11.4 Å². The first-order valence-corrected chi connectivity index (χ1v) is 13.9. The summed E-state index contributed by atoms with van der Waals surface area (Å²) in [5, 5.41) is 0. The van der Waals surface area contributed by atoms with Crippen LogP contribution in [0, 0.1) is 11.3 Å². The van der Waals surface area contributed by atoms with Gasteiger partial charge in [0.25, 0.3) is 0 Å². The molecule has 0 amide bonds. The maximum atomic E-state index is 5.99. The van der Waals surface area contributed by atoms with E-state index in [1.165, 1.54) is 69.5 Å². The Morgan fingerprint density at radius 3 is 2.09 bits per heavy atom. The Balaban J connectivity index is 0.00000342. The average molecular weight is 508 g/mol. The number of methoxy groups -OCH3 is 1. The first kappa shape index (κ1) is 28.4. The van der Waals surface area contributed by atoms with Crippen molar-refractivity contribution in [1.29, 1.82) is 0 Å². The molecule has 1 aromatic carbocycles. The van der Waals surface area contributed by atoms with Crippen molar-refractivity contribution in [2.45, 2.75) is 72.1 Å². The summed E-state index contributed by atoms with van der Waals surface area (Å²) in [6.45, 7) is 18.9. The van der Waals surface area contributed by atoms with E-state index in [1.54, 1.807) is 5.56 Å². The largest absolute Gasteiger partial charge is 0.495 e. The topological polar surface area (TPSA) is 28.2 Å². The average Bonchev–Trinajstić information content (AvgIpc) is 2.87. The van der Waals surface area contributed by atoms with Crippen LogP contribution >= 0.6 is 12.4 Å². The molecule has 2 heterocycles. The van der Waals surface area contributed by atoms with Crippen molar-refractivity contribution in [3.8, 4) is 5.75 Å². The Bertz CT molecular complexity index is 775. The van der Waals surface area contributed by atoms with Crippen molar-refractivity contribution >= 4 is 23.8 Å². The van der Waals surface area contributed by atoms with E-state index in [2.05, 4.69) is 54.5 Å². The zero-order chi connectivity index (χ0) is 24.1. The molecule has 5 nitrogen and oxygen atoms in total. The molecular formula is C29H50ClN3O2. The molecule has 0 spiro atoms. The van der Waals surface area contributed by atoms with Gasteiger partial charge in [-0.15, -0.1) is 12.4 Å². The quantitative estimate of drug-likeness (QED) is 0.438.